The Morgan fingerprint density at radius 2 is 2.11 bits per heavy atom. The van der Waals surface area contributed by atoms with Gasteiger partial charge in [-0.2, -0.15) is 0 Å². The Kier molecular flexibility index (Phi) is 4.05. The quantitative estimate of drug-likeness (QED) is 0.907. The highest BCUT2D eigenvalue weighted by Gasteiger charge is 2.24. The number of hydrogen-bond acceptors (Lipinski definition) is 4. The summed E-state index contributed by atoms with van der Waals surface area (Å²) < 4.78 is 5.57. The Morgan fingerprint density at radius 3 is 2.61 bits per heavy atom. The lowest BCUT2D eigenvalue weighted by molar-refractivity contribution is 0.497. The molecule has 100 valence electrons. The Bertz CT molecular complexity index is 451. The van der Waals surface area contributed by atoms with E-state index < -0.39 is 0 Å². The first-order chi connectivity index (χ1) is 8.47. The minimum absolute atomic E-state index is 0.250. The fourth-order valence-corrected chi connectivity index (χ4v) is 3.26. The topological polar surface area (TPSA) is 37.5 Å². The normalized spacial score (nSPS) is 21.2. The van der Waals surface area contributed by atoms with Crippen LogP contribution in [-0.4, -0.2) is 17.0 Å². The van der Waals surface area contributed by atoms with Crippen LogP contribution in [-0.2, 0) is 0 Å². The van der Waals surface area contributed by atoms with Crippen molar-refractivity contribution in [3.8, 4) is 0 Å². The van der Waals surface area contributed by atoms with Gasteiger partial charge in [0.05, 0.1) is 12.6 Å². The zero-order chi connectivity index (χ0) is 13.3. The van der Waals surface area contributed by atoms with Gasteiger partial charge in [0.15, 0.2) is 5.17 Å². The molecule has 1 aliphatic rings. The van der Waals surface area contributed by atoms with Crippen LogP contribution in [0.1, 0.15) is 43.9 Å². The fraction of sp³-hybridized carbons (Fsp3) is 0.643. The summed E-state index contributed by atoms with van der Waals surface area (Å²) in [5.74, 6) is 2.64. The third-order valence-corrected chi connectivity index (χ3v) is 4.77. The molecule has 0 aliphatic carbocycles. The van der Waals surface area contributed by atoms with Crippen molar-refractivity contribution in [3.63, 3.8) is 0 Å². The molecule has 0 aromatic carbocycles. The highest BCUT2D eigenvalue weighted by atomic mass is 32.2. The van der Waals surface area contributed by atoms with Crippen molar-refractivity contribution >= 4 is 16.9 Å². The van der Waals surface area contributed by atoms with Gasteiger partial charge < -0.3 is 9.73 Å². The number of amidine groups is 1. The molecule has 2 rings (SSSR count). The molecule has 1 aliphatic heterocycles. The van der Waals surface area contributed by atoms with E-state index in [9.17, 15) is 0 Å². The van der Waals surface area contributed by atoms with Crippen molar-refractivity contribution in [2.75, 3.05) is 6.54 Å². The van der Waals surface area contributed by atoms with E-state index in [1.165, 1.54) is 5.56 Å². The van der Waals surface area contributed by atoms with Gasteiger partial charge in [0.25, 0.3) is 0 Å². The standard InChI is InChI=1S/C14H22N2OS/c1-8(2)13-7-15-14(18-13)16-10(4)12-6-9(3)17-11(12)5/h6,8,10,13H,7H2,1-5H3,(H,15,16). The molecule has 1 aromatic rings. The van der Waals surface area contributed by atoms with Crippen LogP contribution in [0.15, 0.2) is 15.5 Å². The molecule has 1 aromatic heterocycles. The van der Waals surface area contributed by atoms with Gasteiger partial charge in [-0.3, -0.25) is 4.99 Å². The number of furan rings is 1. The molecule has 0 radical (unpaired) electrons. The molecule has 0 bridgehead atoms. The minimum atomic E-state index is 0.250. The van der Waals surface area contributed by atoms with Gasteiger partial charge in [-0.25, -0.2) is 0 Å². The molecule has 0 fully saturated rings. The van der Waals surface area contributed by atoms with Crippen LogP contribution in [0.4, 0.5) is 0 Å². The summed E-state index contributed by atoms with van der Waals surface area (Å²) in [5, 5.41) is 5.17. The molecule has 18 heavy (non-hydrogen) atoms. The Labute approximate surface area is 113 Å². The molecule has 0 amide bonds. The third-order valence-electron chi connectivity index (χ3n) is 3.31. The molecular weight excluding hydrogens is 244 g/mol. The van der Waals surface area contributed by atoms with Crippen molar-refractivity contribution in [3.05, 3.63) is 23.2 Å². The number of nitrogens with zero attached hydrogens (tertiary/aromatic N) is 1. The second-order valence-electron chi connectivity index (χ2n) is 5.28. The maximum atomic E-state index is 5.57. The Hall–Kier alpha value is -0.900. The molecular formula is C14H22N2OS. The molecule has 0 spiro atoms. The number of rotatable bonds is 3. The highest BCUT2D eigenvalue weighted by molar-refractivity contribution is 8.14. The van der Waals surface area contributed by atoms with Gasteiger partial charge in [-0.05, 0) is 32.8 Å². The van der Waals surface area contributed by atoms with Crippen LogP contribution in [0.25, 0.3) is 0 Å². The predicted molar refractivity (Wildman–Crippen MR) is 78.3 cm³/mol. The average molecular weight is 266 g/mol. The lowest BCUT2D eigenvalue weighted by Crippen LogP contribution is -2.24. The smallest absolute Gasteiger partial charge is 0.157 e. The molecule has 0 saturated heterocycles. The summed E-state index contributed by atoms with van der Waals surface area (Å²) >= 11 is 1.86. The van der Waals surface area contributed by atoms with E-state index in [-0.39, 0.29) is 6.04 Å². The van der Waals surface area contributed by atoms with E-state index in [0.717, 1.165) is 23.2 Å². The van der Waals surface area contributed by atoms with E-state index in [4.69, 9.17) is 4.42 Å². The summed E-state index contributed by atoms with van der Waals surface area (Å²) in [6.07, 6.45) is 0. The van der Waals surface area contributed by atoms with E-state index in [0.29, 0.717) is 11.2 Å². The highest BCUT2D eigenvalue weighted by Crippen LogP contribution is 2.28. The molecule has 2 heterocycles. The number of aryl methyl sites for hydroxylation is 2. The van der Waals surface area contributed by atoms with Gasteiger partial charge in [0.2, 0.25) is 0 Å². The third kappa shape index (κ3) is 2.91. The number of nitrogens with one attached hydrogen (secondary N) is 1. The average Bonchev–Trinajstić information content (AvgIpc) is 2.85. The van der Waals surface area contributed by atoms with E-state index in [2.05, 4.69) is 37.1 Å². The summed E-state index contributed by atoms with van der Waals surface area (Å²) in [5.41, 5.74) is 1.23. The molecule has 2 unspecified atom stereocenters. The van der Waals surface area contributed by atoms with Gasteiger partial charge >= 0.3 is 0 Å². The summed E-state index contributed by atoms with van der Waals surface area (Å²) in [7, 11) is 0. The monoisotopic (exact) mass is 266 g/mol. The Morgan fingerprint density at radius 1 is 1.39 bits per heavy atom. The van der Waals surface area contributed by atoms with Crippen LogP contribution in [0.5, 0.6) is 0 Å². The number of aliphatic imine (C=N–C) groups is 1. The maximum absolute atomic E-state index is 5.57. The van der Waals surface area contributed by atoms with Crippen LogP contribution < -0.4 is 5.32 Å². The molecule has 1 N–H and O–H groups in total. The van der Waals surface area contributed by atoms with Crippen molar-refractivity contribution in [1.82, 2.24) is 5.32 Å². The number of hydrogen-bond donors (Lipinski definition) is 1. The van der Waals surface area contributed by atoms with Crippen LogP contribution in [0.2, 0.25) is 0 Å². The van der Waals surface area contributed by atoms with Crippen molar-refractivity contribution in [1.29, 1.82) is 0 Å². The fourth-order valence-electron chi connectivity index (χ4n) is 2.16. The first-order valence-corrected chi connectivity index (χ1v) is 7.40. The van der Waals surface area contributed by atoms with E-state index >= 15 is 0 Å². The van der Waals surface area contributed by atoms with E-state index in [1.807, 2.05) is 25.6 Å². The maximum Gasteiger partial charge on any atom is 0.157 e. The van der Waals surface area contributed by atoms with Crippen LogP contribution in [0.3, 0.4) is 0 Å². The SMILES string of the molecule is Cc1cc(C(C)NC2=NCC(C(C)C)S2)c(C)o1. The van der Waals surface area contributed by atoms with Crippen molar-refractivity contribution in [2.45, 2.75) is 45.9 Å². The summed E-state index contributed by atoms with van der Waals surface area (Å²) in [6, 6.07) is 2.35. The number of thioether (sulfide) groups is 1. The molecule has 3 nitrogen and oxygen atoms in total. The molecule has 2 atom stereocenters. The summed E-state index contributed by atoms with van der Waals surface area (Å²) in [4.78, 5) is 4.58. The first-order valence-electron chi connectivity index (χ1n) is 6.52. The molecule has 4 heteroatoms. The lowest BCUT2D eigenvalue weighted by atomic mass is 10.1. The second-order valence-corrected chi connectivity index (χ2v) is 6.51. The lowest BCUT2D eigenvalue weighted by Gasteiger charge is -2.16. The first kappa shape index (κ1) is 13.5. The van der Waals surface area contributed by atoms with Crippen molar-refractivity contribution < 1.29 is 4.42 Å². The zero-order valence-corrected chi connectivity index (χ0v) is 12.6. The van der Waals surface area contributed by atoms with E-state index in [1.54, 1.807) is 0 Å². The van der Waals surface area contributed by atoms with Crippen LogP contribution >= 0.6 is 11.8 Å². The predicted octanol–water partition coefficient (Wildman–Crippen LogP) is 3.67. The van der Waals surface area contributed by atoms with Gasteiger partial charge in [0.1, 0.15) is 11.5 Å². The van der Waals surface area contributed by atoms with Crippen molar-refractivity contribution in [2.24, 2.45) is 10.9 Å². The Balaban J connectivity index is 1.97. The van der Waals surface area contributed by atoms with Gasteiger partial charge in [-0.1, -0.05) is 25.6 Å². The molecule has 0 saturated carbocycles. The van der Waals surface area contributed by atoms with Gasteiger partial charge in [-0.15, -0.1) is 0 Å². The van der Waals surface area contributed by atoms with Gasteiger partial charge in [0, 0.05) is 10.8 Å². The summed E-state index contributed by atoms with van der Waals surface area (Å²) in [6.45, 7) is 11.6. The zero-order valence-electron chi connectivity index (χ0n) is 11.8. The second kappa shape index (κ2) is 5.39. The largest absolute Gasteiger partial charge is 0.466 e. The van der Waals surface area contributed by atoms with Crippen LogP contribution in [0, 0.1) is 19.8 Å². The minimum Gasteiger partial charge on any atom is -0.466 e.